The van der Waals surface area contributed by atoms with Crippen molar-refractivity contribution < 1.29 is 4.79 Å². The Bertz CT molecular complexity index is 499. The Kier molecular flexibility index (Phi) is 3.56. The normalized spacial score (nSPS) is 10.4. The number of Topliss-reactive ketones (excluding diaryl/α,β-unsaturated/α-hetero) is 1. The Morgan fingerprint density at radius 1 is 1.31 bits per heavy atom. The van der Waals surface area contributed by atoms with Gasteiger partial charge in [-0.05, 0) is 36.1 Å². The molecule has 0 aliphatic heterocycles. The van der Waals surface area contributed by atoms with E-state index >= 15 is 0 Å². The predicted molar refractivity (Wildman–Crippen MR) is 71.2 cm³/mol. The van der Waals surface area contributed by atoms with Crippen molar-refractivity contribution in [1.82, 2.24) is 0 Å². The van der Waals surface area contributed by atoms with Gasteiger partial charge in [-0.1, -0.05) is 28.1 Å². The zero-order valence-electron chi connectivity index (χ0n) is 8.87. The summed E-state index contributed by atoms with van der Waals surface area (Å²) in [5, 5.41) is 2.07. The molecular weight excluding hydrogens is 284 g/mol. The monoisotopic (exact) mass is 294 g/mol. The van der Waals surface area contributed by atoms with Gasteiger partial charge in [0.25, 0.3) is 0 Å². The second-order valence-electron chi connectivity index (χ2n) is 3.70. The molecule has 0 saturated heterocycles. The number of aryl methyl sites for hydroxylation is 1. The molecule has 1 nitrogen and oxygen atoms in total. The molecule has 0 amide bonds. The van der Waals surface area contributed by atoms with E-state index in [-0.39, 0.29) is 5.78 Å². The number of halogens is 1. The van der Waals surface area contributed by atoms with Crippen LogP contribution in [0.2, 0.25) is 0 Å². The summed E-state index contributed by atoms with van der Waals surface area (Å²) >= 11 is 5.00. The van der Waals surface area contributed by atoms with Gasteiger partial charge in [0.15, 0.2) is 5.78 Å². The van der Waals surface area contributed by atoms with Gasteiger partial charge in [0.2, 0.25) is 0 Å². The van der Waals surface area contributed by atoms with Gasteiger partial charge in [0.05, 0.1) is 0 Å². The summed E-state index contributed by atoms with van der Waals surface area (Å²) in [5.41, 5.74) is 2.00. The van der Waals surface area contributed by atoms with E-state index in [4.69, 9.17) is 0 Å². The molecule has 2 aromatic rings. The second kappa shape index (κ2) is 4.93. The van der Waals surface area contributed by atoms with Crippen LogP contribution in [0.4, 0.5) is 0 Å². The number of thiophene rings is 1. The van der Waals surface area contributed by atoms with E-state index in [1.165, 1.54) is 5.56 Å². The topological polar surface area (TPSA) is 17.1 Å². The molecule has 0 aliphatic carbocycles. The van der Waals surface area contributed by atoms with Gasteiger partial charge in [-0.25, -0.2) is 0 Å². The Morgan fingerprint density at radius 2 is 2.00 bits per heavy atom. The SMILES string of the molecule is Cc1csc(CC(=O)c2ccc(Br)cc2)c1. The van der Waals surface area contributed by atoms with Crippen LogP contribution in [0, 0.1) is 6.92 Å². The van der Waals surface area contributed by atoms with E-state index in [0.29, 0.717) is 6.42 Å². The number of hydrogen-bond donors (Lipinski definition) is 0. The molecule has 0 spiro atoms. The minimum absolute atomic E-state index is 0.175. The molecule has 0 saturated carbocycles. The molecule has 0 fully saturated rings. The lowest BCUT2D eigenvalue weighted by Gasteiger charge is -1.99. The maximum atomic E-state index is 11.9. The molecule has 16 heavy (non-hydrogen) atoms. The van der Waals surface area contributed by atoms with Crippen molar-refractivity contribution in [3.8, 4) is 0 Å². The number of rotatable bonds is 3. The number of hydrogen-bond acceptors (Lipinski definition) is 2. The van der Waals surface area contributed by atoms with Gasteiger partial charge in [-0.3, -0.25) is 4.79 Å². The van der Waals surface area contributed by atoms with Gasteiger partial charge >= 0.3 is 0 Å². The Balaban J connectivity index is 2.11. The molecule has 0 bridgehead atoms. The van der Waals surface area contributed by atoms with E-state index in [2.05, 4.69) is 27.4 Å². The van der Waals surface area contributed by atoms with E-state index in [1.54, 1.807) is 11.3 Å². The fourth-order valence-corrected chi connectivity index (χ4v) is 2.62. The molecule has 1 heterocycles. The summed E-state index contributed by atoms with van der Waals surface area (Å²) < 4.78 is 0.996. The van der Waals surface area contributed by atoms with Crippen LogP contribution in [0.5, 0.6) is 0 Å². The first-order valence-electron chi connectivity index (χ1n) is 4.98. The highest BCUT2D eigenvalue weighted by Crippen LogP contribution is 2.17. The Morgan fingerprint density at radius 3 is 2.56 bits per heavy atom. The largest absolute Gasteiger partial charge is 0.294 e. The standard InChI is InChI=1S/C13H11BrOS/c1-9-6-12(16-8-9)7-13(15)10-2-4-11(14)5-3-10/h2-6,8H,7H2,1H3. The van der Waals surface area contributed by atoms with Crippen LogP contribution >= 0.6 is 27.3 Å². The first-order valence-corrected chi connectivity index (χ1v) is 6.65. The first kappa shape index (κ1) is 11.6. The van der Waals surface area contributed by atoms with Crippen molar-refractivity contribution in [2.75, 3.05) is 0 Å². The van der Waals surface area contributed by atoms with Gasteiger partial charge in [0.1, 0.15) is 0 Å². The number of benzene rings is 1. The molecular formula is C13H11BrOS. The smallest absolute Gasteiger partial charge is 0.168 e. The lowest BCUT2D eigenvalue weighted by atomic mass is 10.1. The van der Waals surface area contributed by atoms with Gasteiger partial charge in [0, 0.05) is 21.3 Å². The van der Waals surface area contributed by atoms with Crippen LogP contribution in [0.1, 0.15) is 20.8 Å². The Hall–Kier alpha value is -0.930. The van der Waals surface area contributed by atoms with Crippen molar-refractivity contribution in [3.05, 3.63) is 56.2 Å². The molecule has 0 aliphatic rings. The lowest BCUT2D eigenvalue weighted by molar-refractivity contribution is 0.0994. The third-order valence-electron chi connectivity index (χ3n) is 2.29. The average Bonchev–Trinajstić information content (AvgIpc) is 2.65. The first-order chi connectivity index (χ1) is 7.65. The second-order valence-corrected chi connectivity index (χ2v) is 5.61. The van der Waals surface area contributed by atoms with Crippen LogP contribution in [0.3, 0.4) is 0 Å². The van der Waals surface area contributed by atoms with Gasteiger partial charge in [-0.15, -0.1) is 11.3 Å². The van der Waals surface area contributed by atoms with Crippen LogP contribution in [0.15, 0.2) is 40.2 Å². The highest BCUT2D eigenvalue weighted by Gasteiger charge is 2.08. The molecule has 1 aromatic carbocycles. The van der Waals surface area contributed by atoms with E-state index < -0.39 is 0 Å². The molecule has 82 valence electrons. The molecule has 1 aromatic heterocycles. The average molecular weight is 295 g/mol. The lowest BCUT2D eigenvalue weighted by Crippen LogP contribution is -2.01. The third kappa shape index (κ3) is 2.80. The molecule has 3 heteroatoms. The fraction of sp³-hybridized carbons (Fsp3) is 0.154. The summed E-state index contributed by atoms with van der Waals surface area (Å²) in [5.74, 6) is 0.175. The molecule has 0 radical (unpaired) electrons. The highest BCUT2D eigenvalue weighted by molar-refractivity contribution is 9.10. The van der Waals surface area contributed by atoms with E-state index in [9.17, 15) is 4.79 Å². The number of carbonyl (C=O) groups excluding carboxylic acids is 1. The van der Waals surface area contributed by atoms with Crippen LogP contribution in [-0.4, -0.2) is 5.78 Å². The molecule has 0 unspecified atom stereocenters. The molecule has 0 N–H and O–H groups in total. The van der Waals surface area contributed by atoms with Crippen LogP contribution in [0.25, 0.3) is 0 Å². The predicted octanol–water partition coefficient (Wildman–Crippen LogP) is 4.24. The van der Waals surface area contributed by atoms with Gasteiger partial charge in [-0.2, -0.15) is 0 Å². The van der Waals surface area contributed by atoms with Crippen molar-refractivity contribution in [2.24, 2.45) is 0 Å². The Labute approximate surface area is 107 Å². The summed E-state index contributed by atoms with van der Waals surface area (Å²) in [4.78, 5) is 13.1. The number of carbonyl (C=O) groups is 1. The van der Waals surface area contributed by atoms with Crippen molar-refractivity contribution in [1.29, 1.82) is 0 Å². The quantitative estimate of drug-likeness (QED) is 0.774. The zero-order chi connectivity index (χ0) is 11.5. The summed E-state index contributed by atoms with van der Waals surface area (Å²) in [6.07, 6.45) is 0.500. The van der Waals surface area contributed by atoms with Crippen LogP contribution < -0.4 is 0 Å². The number of ketones is 1. The van der Waals surface area contributed by atoms with Gasteiger partial charge < -0.3 is 0 Å². The zero-order valence-corrected chi connectivity index (χ0v) is 11.3. The summed E-state index contributed by atoms with van der Waals surface area (Å²) in [6, 6.07) is 9.57. The van der Waals surface area contributed by atoms with E-state index in [1.807, 2.05) is 31.2 Å². The van der Waals surface area contributed by atoms with Crippen molar-refractivity contribution in [2.45, 2.75) is 13.3 Å². The maximum absolute atomic E-state index is 11.9. The minimum Gasteiger partial charge on any atom is -0.294 e. The summed E-state index contributed by atoms with van der Waals surface area (Å²) in [7, 11) is 0. The van der Waals surface area contributed by atoms with E-state index in [0.717, 1.165) is 14.9 Å². The summed E-state index contributed by atoms with van der Waals surface area (Å²) in [6.45, 7) is 2.05. The van der Waals surface area contributed by atoms with Crippen molar-refractivity contribution >= 4 is 33.0 Å². The third-order valence-corrected chi connectivity index (χ3v) is 3.87. The maximum Gasteiger partial charge on any atom is 0.168 e. The highest BCUT2D eigenvalue weighted by atomic mass is 79.9. The molecule has 2 rings (SSSR count). The van der Waals surface area contributed by atoms with Crippen LogP contribution in [-0.2, 0) is 6.42 Å². The molecule has 0 atom stereocenters. The minimum atomic E-state index is 0.175. The fourth-order valence-electron chi connectivity index (χ4n) is 1.48. The van der Waals surface area contributed by atoms with Crippen molar-refractivity contribution in [3.63, 3.8) is 0 Å².